The molecule has 0 saturated carbocycles. The minimum Gasteiger partial charge on any atom is -0.376 e. The van der Waals surface area contributed by atoms with E-state index < -0.39 is 0 Å². The van der Waals surface area contributed by atoms with Crippen molar-refractivity contribution in [3.8, 4) is 0 Å². The first-order valence-electron chi connectivity index (χ1n) is 6.38. The minimum absolute atomic E-state index is 0.0334. The van der Waals surface area contributed by atoms with Gasteiger partial charge in [-0.3, -0.25) is 9.69 Å². The quantitative estimate of drug-likeness (QED) is 0.853. The van der Waals surface area contributed by atoms with E-state index in [1.165, 1.54) is 17.5 Å². The largest absolute Gasteiger partial charge is 0.376 e. The van der Waals surface area contributed by atoms with Crippen LogP contribution in [0.25, 0.3) is 0 Å². The highest BCUT2D eigenvalue weighted by Crippen LogP contribution is 2.24. The van der Waals surface area contributed by atoms with E-state index in [0.717, 1.165) is 24.5 Å². The Morgan fingerprint density at radius 3 is 3.05 bits per heavy atom. The van der Waals surface area contributed by atoms with Crippen LogP contribution in [0.1, 0.15) is 28.4 Å². The lowest BCUT2D eigenvalue weighted by Crippen LogP contribution is -2.37. The van der Waals surface area contributed by atoms with Gasteiger partial charge in [-0.25, -0.2) is 0 Å². The molecule has 1 aliphatic rings. The number of carbonyl (C=O) groups is 1. The van der Waals surface area contributed by atoms with Crippen LogP contribution in [-0.4, -0.2) is 40.5 Å². The van der Waals surface area contributed by atoms with Gasteiger partial charge < -0.3 is 9.26 Å². The second kappa shape index (κ2) is 5.68. The van der Waals surface area contributed by atoms with Crippen LogP contribution in [0.4, 0.5) is 5.13 Å². The number of amides is 1. The Bertz CT molecular complexity index is 577. The van der Waals surface area contributed by atoms with Gasteiger partial charge in [-0.2, -0.15) is 0 Å². The van der Waals surface area contributed by atoms with Crippen LogP contribution in [0.15, 0.2) is 16.8 Å². The molecule has 2 aromatic heterocycles. The van der Waals surface area contributed by atoms with Crippen molar-refractivity contribution in [1.29, 1.82) is 0 Å². The number of nitrogens with zero attached hydrogens (tertiary/aromatic N) is 4. The van der Waals surface area contributed by atoms with E-state index >= 15 is 0 Å². The first-order chi connectivity index (χ1) is 9.74. The standard InChI is InChI=1S/C12H14N4O3S/c1-8-14-15-12(20-8)16(7-9-3-2-6-18-9)11(17)10-4-5-13-19-10/h4-5,9H,2-3,6-7H2,1H3/t9-/m1/s1. The highest BCUT2D eigenvalue weighted by molar-refractivity contribution is 7.15. The molecule has 1 saturated heterocycles. The van der Waals surface area contributed by atoms with Crippen molar-refractivity contribution in [2.75, 3.05) is 18.1 Å². The van der Waals surface area contributed by atoms with Crippen molar-refractivity contribution < 1.29 is 14.1 Å². The van der Waals surface area contributed by atoms with E-state index in [0.29, 0.717) is 11.7 Å². The topological polar surface area (TPSA) is 81.4 Å². The number of carbonyl (C=O) groups excluding carboxylic acids is 1. The predicted molar refractivity (Wildman–Crippen MR) is 71.8 cm³/mol. The van der Waals surface area contributed by atoms with Gasteiger partial charge in [-0.15, -0.1) is 10.2 Å². The molecule has 1 aliphatic heterocycles. The van der Waals surface area contributed by atoms with Gasteiger partial charge in [0.15, 0.2) is 0 Å². The molecule has 20 heavy (non-hydrogen) atoms. The molecular weight excluding hydrogens is 280 g/mol. The van der Waals surface area contributed by atoms with Crippen LogP contribution in [0.5, 0.6) is 0 Å². The van der Waals surface area contributed by atoms with Crippen molar-refractivity contribution in [2.45, 2.75) is 25.9 Å². The van der Waals surface area contributed by atoms with E-state index in [2.05, 4.69) is 15.4 Å². The zero-order valence-corrected chi connectivity index (χ0v) is 11.8. The fourth-order valence-electron chi connectivity index (χ4n) is 2.09. The molecule has 7 nitrogen and oxygen atoms in total. The summed E-state index contributed by atoms with van der Waals surface area (Å²) in [5.74, 6) is -0.0787. The Balaban J connectivity index is 1.84. The zero-order valence-electron chi connectivity index (χ0n) is 11.0. The van der Waals surface area contributed by atoms with E-state index in [-0.39, 0.29) is 17.8 Å². The maximum Gasteiger partial charge on any atom is 0.298 e. The average molecular weight is 294 g/mol. The van der Waals surface area contributed by atoms with Crippen molar-refractivity contribution in [2.24, 2.45) is 0 Å². The summed E-state index contributed by atoms with van der Waals surface area (Å²) in [7, 11) is 0. The van der Waals surface area contributed by atoms with Gasteiger partial charge in [0.2, 0.25) is 10.9 Å². The minimum atomic E-state index is -0.269. The molecule has 0 aliphatic carbocycles. The second-order valence-electron chi connectivity index (χ2n) is 4.53. The van der Waals surface area contributed by atoms with Gasteiger partial charge in [-0.1, -0.05) is 16.5 Å². The molecule has 0 spiro atoms. The summed E-state index contributed by atoms with van der Waals surface area (Å²) in [5, 5.41) is 12.9. The SMILES string of the molecule is Cc1nnc(N(C[C@H]2CCCO2)C(=O)c2ccno2)s1. The average Bonchev–Trinajstić information content (AvgIpc) is 3.17. The third-order valence-electron chi connectivity index (χ3n) is 3.05. The Kier molecular flexibility index (Phi) is 3.75. The number of aryl methyl sites for hydroxylation is 1. The van der Waals surface area contributed by atoms with E-state index in [9.17, 15) is 4.79 Å². The molecule has 3 rings (SSSR count). The van der Waals surface area contributed by atoms with Gasteiger partial charge in [0, 0.05) is 12.7 Å². The number of rotatable bonds is 4. The van der Waals surface area contributed by atoms with Crippen molar-refractivity contribution in [1.82, 2.24) is 15.4 Å². The van der Waals surface area contributed by atoms with Gasteiger partial charge in [0.1, 0.15) is 5.01 Å². The van der Waals surface area contributed by atoms with Crippen LogP contribution in [0.3, 0.4) is 0 Å². The Hall–Kier alpha value is -1.80. The van der Waals surface area contributed by atoms with E-state index in [1.807, 2.05) is 6.92 Å². The van der Waals surface area contributed by atoms with E-state index in [1.54, 1.807) is 11.0 Å². The van der Waals surface area contributed by atoms with Gasteiger partial charge in [0.25, 0.3) is 5.91 Å². The maximum absolute atomic E-state index is 12.5. The van der Waals surface area contributed by atoms with Gasteiger partial charge >= 0.3 is 0 Å². The summed E-state index contributed by atoms with van der Waals surface area (Å²) in [5.41, 5.74) is 0. The fraction of sp³-hybridized carbons (Fsp3) is 0.500. The predicted octanol–water partition coefficient (Wildman–Crippen LogP) is 1.66. The maximum atomic E-state index is 12.5. The monoisotopic (exact) mass is 294 g/mol. The molecule has 0 aromatic carbocycles. The van der Waals surface area contributed by atoms with Crippen LogP contribution in [0.2, 0.25) is 0 Å². The van der Waals surface area contributed by atoms with Crippen LogP contribution < -0.4 is 4.90 Å². The number of ether oxygens (including phenoxy) is 1. The third kappa shape index (κ3) is 2.70. The number of aromatic nitrogens is 3. The molecule has 1 fully saturated rings. The molecule has 0 N–H and O–H groups in total. The summed E-state index contributed by atoms with van der Waals surface area (Å²) >= 11 is 1.37. The number of anilines is 1. The normalized spacial score (nSPS) is 18.4. The van der Waals surface area contributed by atoms with Crippen LogP contribution >= 0.6 is 11.3 Å². The highest BCUT2D eigenvalue weighted by Gasteiger charge is 2.28. The molecule has 106 valence electrons. The van der Waals surface area contributed by atoms with Gasteiger partial charge in [0.05, 0.1) is 18.8 Å². The lowest BCUT2D eigenvalue weighted by molar-refractivity contribution is 0.0887. The molecule has 8 heteroatoms. The van der Waals surface area contributed by atoms with E-state index in [4.69, 9.17) is 9.26 Å². The lowest BCUT2D eigenvalue weighted by atomic mass is 10.2. The molecule has 3 heterocycles. The smallest absolute Gasteiger partial charge is 0.298 e. The summed E-state index contributed by atoms with van der Waals surface area (Å²) < 4.78 is 10.5. The summed E-state index contributed by atoms with van der Waals surface area (Å²) in [6.45, 7) is 3.04. The Morgan fingerprint density at radius 2 is 2.45 bits per heavy atom. The lowest BCUT2D eigenvalue weighted by Gasteiger charge is -2.21. The second-order valence-corrected chi connectivity index (χ2v) is 5.69. The zero-order chi connectivity index (χ0) is 13.9. The Morgan fingerprint density at radius 1 is 1.55 bits per heavy atom. The summed E-state index contributed by atoms with van der Waals surface area (Å²) in [4.78, 5) is 14.0. The van der Waals surface area contributed by atoms with Crippen LogP contribution in [-0.2, 0) is 4.74 Å². The fourth-order valence-corrected chi connectivity index (χ4v) is 2.79. The van der Waals surface area contributed by atoms with Gasteiger partial charge in [-0.05, 0) is 19.8 Å². The van der Waals surface area contributed by atoms with Crippen molar-refractivity contribution in [3.05, 3.63) is 23.0 Å². The summed E-state index contributed by atoms with van der Waals surface area (Å²) in [6.07, 6.45) is 3.44. The molecule has 1 amide bonds. The molecular formula is C12H14N4O3S. The molecule has 0 bridgehead atoms. The Labute approximate surface area is 119 Å². The molecule has 0 radical (unpaired) electrons. The van der Waals surface area contributed by atoms with Crippen molar-refractivity contribution >= 4 is 22.4 Å². The number of hydrogen-bond acceptors (Lipinski definition) is 7. The molecule has 1 atom stereocenters. The molecule has 2 aromatic rings. The first kappa shape index (κ1) is 13.2. The number of hydrogen-bond donors (Lipinski definition) is 0. The highest BCUT2D eigenvalue weighted by atomic mass is 32.1. The third-order valence-corrected chi connectivity index (χ3v) is 3.91. The van der Waals surface area contributed by atoms with Crippen molar-refractivity contribution in [3.63, 3.8) is 0 Å². The molecule has 0 unspecified atom stereocenters. The summed E-state index contributed by atoms with van der Waals surface area (Å²) in [6, 6.07) is 1.54. The van der Waals surface area contributed by atoms with Crippen LogP contribution in [0, 0.1) is 6.92 Å². The first-order valence-corrected chi connectivity index (χ1v) is 7.20.